The number of hydrogen-bond donors (Lipinski definition) is 0. The van der Waals surface area contributed by atoms with Gasteiger partial charge in [-0.05, 0) is 24.6 Å². The van der Waals surface area contributed by atoms with Crippen LogP contribution in [0.1, 0.15) is 16.5 Å². The van der Waals surface area contributed by atoms with Crippen LogP contribution in [0.4, 0.5) is 0 Å². The van der Waals surface area contributed by atoms with Crippen LogP contribution in [-0.4, -0.2) is 25.0 Å². The Labute approximate surface area is 130 Å². The van der Waals surface area contributed by atoms with Crippen molar-refractivity contribution < 1.29 is 8.42 Å². The molecule has 0 radical (unpaired) electrons. The number of benzene rings is 2. The second kappa shape index (κ2) is 5.83. The molecule has 2 aromatic carbocycles. The van der Waals surface area contributed by atoms with Gasteiger partial charge in [-0.15, -0.1) is 11.8 Å². The smallest absolute Gasteiger partial charge is 0.207 e. The second-order valence-electron chi connectivity index (χ2n) is 5.06. The van der Waals surface area contributed by atoms with Gasteiger partial charge in [0.25, 0.3) is 0 Å². The summed E-state index contributed by atoms with van der Waals surface area (Å²) in [7, 11) is -3.43. The lowest BCUT2D eigenvalue weighted by Gasteiger charge is -2.23. The summed E-state index contributed by atoms with van der Waals surface area (Å²) in [5.74, 6) is 0.824. The minimum Gasteiger partial charge on any atom is -0.207 e. The van der Waals surface area contributed by atoms with Gasteiger partial charge >= 0.3 is 0 Å². The lowest BCUT2D eigenvalue weighted by Crippen LogP contribution is -2.30. The average molecular weight is 319 g/mol. The van der Waals surface area contributed by atoms with E-state index in [0.29, 0.717) is 11.4 Å². The number of nitrogens with zero attached hydrogens (tertiary/aromatic N) is 1. The highest BCUT2D eigenvalue weighted by Gasteiger charge is 2.36. The van der Waals surface area contributed by atoms with E-state index in [1.807, 2.05) is 37.3 Å². The molecule has 110 valence electrons. The molecule has 0 aliphatic carbocycles. The summed E-state index contributed by atoms with van der Waals surface area (Å²) >= 11 is 1.68. The first kappa shape index (κ1) is 14.6. The molecule has 0 amide bonds. The van der Waals surface area contributed by atoms with Crippen LogP contribution in [0.5, 0.6) is 0 Å². The lowest BCUT2D eigenvalue weighted by molar-refractivity contribution is 0.434. The number of thioether (sulfide) groups is 1. The van der Waals surface area contributed by atoms with E-state index in [9.17, 15) is 8.42 Å². The van der Waals surface area contributed by atoms with Crippen molar-refractivity contribution >= 4 is 21.8 Å². The van der Waals surface area contributed by atoms with Crippen LogP contribution in [0.25, 0.3) is 0 Å². The van der Waals surface area contributed by atoms with Gasteiger partial charge in [0.1, 0.15) is 0 Å². The topological polar surface area (TPSA) is 37.4 Å². The molecule has 2 aromatic rings. The zero-order chi connectivity index (χ0) is 14.9. The van der Waals surface area contributed by atoms with Crippen molar-refractivity contribution in [3.63, 3.8) is 0 Å². The molecule has 0 spiro atoms. The Morgan fingerprint density at radius 2 is 1.71 bits per heavy atom. The largest absolute Gasteiger partial charge is 0.244 e. The minimum absolute atomic E-state index is 0.129. The summed E-state index contributed by atoms with van der Waals surface area (Å²) in [5.41, 5.74) is 2.22. The van der Waals surface area contributed by atoms with Crippen molar-refractivity contribution in [1.82, 2.24) is 4.31 Å². The number of rotatable bonds is 3. The van der Waals surface area contributed by atoms with Crippen LogP contribution in [-0.2, 0) is 10.0 Å². The van der Waals surface area contributed by atoms with Crippen LogP contribution in [0, 0.1) is 6.92 Å². The summed E-state index contributed by atoms with van der Waals surface area (Å²) in [6.45, 7) is 2.59. The molecule has 0 unspecified atom stereocenters. The molecule has 1 saturated heterocycles. The Morgan fingerprint density at radius 3 is 2.38 bits per heavy atom. The van der Waals surface area contributed by atoms with E-state index in [2.05, 4.69) is 0 Å². The molecule has 0 saturated carbocycles. The molecule has 3 nitrogen and oxygen atoms in total. The highest BCUT2D eigenvalue weighted by atomic mass is 32.2. The van der Waals surface area contributed by atoms with E-state index < -0.39 is 10.0 Å². The van der Waals surface area contributed by atoms with Gasteiger partial charge in [-0.2, -0.15) is 4.31 Å². The summed E-state index contributed by atoms with van der Waals surface area (Å²) in [6.07, 6.45) is 0. The van der Waals surface area contributed by atoms with Gasteiger partial charge in [0.2, 0.25) is 10.0 Å². The highest BCUT2D eigenvalue weighted by Crippen LogP contribution is 2.41. The Balaban J connectivity index is 1.96. The summed E-state index contributed by atoms with van der Waals surface area (Å²) in [6, 6.07) is 16.8. The van der Waals surface area contributed by atoms with Gasteiger partial charge in [0, 0.05) is 12.3 Å². The average Bonchev–Trinajstić information content (AvgIpc) is 2.99. The Kier molecular flexibility index (Phi) is 4.06. The minimum atomic E-state index is -3.43. The molecule has 3 rings (SSSR count). The fourth-order valence-corrected chi connectivity index (χ4v) is 5.68. The zero-order valence-electron chi connectivity index (χ0n) is 11.8. The third kappa shape index (κ3) is 2.86. The van der Waals surface area contributed by atoms with E-state index in [1.54, 1.807) is 40.3 Å². The number of hydrogen-bond acceptors (Lipinski definition) is 3. The van der Waals surface area contributed by atoms with E-state index in [4.69, 9.17) is 0 Å². The first-order valence-corrected chi connectivity index (χ1v) is 9.33. The van der Waals surface area contributed by atoms with Crippen molar-refractivity contribution in [3.8, 4) is 0 Å². The van der Waals surface area contributed by atoms with E-state index in [-0.39, 0.29) is 5.37 Å². The van der Waals surface area contributed by atoms with E-state index in [1.165, 1.54) is 5.56 Å². The molecule has 1 aliphatic rings. The third-order valence-electron chi connectivity index (χ3n) is 3.56. The molecule has 1 aliphatic heterocycles. The summed E-state index contributed by atoms with van der Waals surface area (Å²) in [5, 5.41) is -0.129. The lowest BCUT2D eigenvalue weighted by atomic mass is 10.1. The van der Waals surface area contributed by atoms with Crippen LogP contribution in [0.3, 0.4) is 0 Å². The predicted octanol–water partition coefficient (Wildman–Crippen LogP) is 3.43. The molecule has 1 heterocycles. The molecule has 21 heavy (non-hydrogen) atoms. The first-order chi connectivity index (χ1) is 10.1. The van der Waals surface area contributed by atoms with Crippen molar-refractivity contribution in [1.29, 1.82) is 0 Å². The van der Waals surface area contributed by atoms with Gasteiger partial charge in [-0.25, -0.2) is 8.42 Å². The second-order valence-corrected chi connectivity index (χ2v) is 8.14. The van der Waals surface area contributed by atoms with E-state index in [0.717, 1.165) is 11.3 Å². The summed E-state index contributed by atoms with van der Waals surface area (Å²) in [4.78, 5) is 0.365. The van der Waals surface area contributed by atoms with Gasteiger partial charge in [-0.3, -0.25) is 0 Å². The maximum absolute atomic E-state index is 12.8. The van der Waals surface area contributed by atoms with Crippen LogP contribution in [0.2, 0.25) is 0 Å². The first-order valence-electron chi connectivity index (χ1n) is 6.84. The van der Waals surface area contributed by atoms with Gasteiger partial charge in [-0.1, -0.05) is 48.0 Å². The normalized spacial score (nSPS) is 19.8. The zero-order valence-corrected chi connectivity index (χ0v) is 13.4. The molecule has 0 bridgehead atoms. The number of sulfonamides is 1. The Morgan fingerprint density at radius 1 is 1.05 bits per heavy atom. The Bertz CT molecular complexity index is 712. The van der Waals surface area contributed by atoms with Crippen molar-refractivity contribution in [3.05, 3.63) is 65.7 Å². The fourth-order valence-electron chi connectivity index (χ4n) is 2.42. The molecular weight excluding hydrogens is 302 g/mol. The maximum atomic E-state index is 12.8. The SMILES string of the molecule is Cc1ccc([C@@H]2SCCN2S(=O)(=O)c2ccccc2)cc1. The van der Waals surface area contributed by atoms with Gasteiger partial charge in [0.15, 0.2) is 0 Å². The predicted molar refractivity (Wildman–Crippen MR) is 86.7 cm³/mol. The van der Waals surface area contributed by atoms with E-state index >= 15 is 0 Å². The fraction of sp³-hybridized carbons (Fsp3) is 0.250. The maximum Gasteiger partial charge on any atom is 0.244 e. The quantitative estimate of drug-likeness (QED) is 0.870. The van der Waals surface area contributed by atoms with Crippen LogP contribution in [0.15, 0.2) is 59.5 Å². The molecular formula is C16H17NO2S2. The Hall–Kier alpha value is -1.30. The van der Waals surface area contributed by atoms with Crippen LogP contribution >= 0.6 is 11.8 Å². The standard InChI is InChI=1S/C16H17NO2S2/c1-13-7-9-14(10-8-13)16-17(11-12-20-16)21(18,19)15-5-3-2-4-6-15/h2-10,16H,11-12H2,1H3/t16-/m0/s1. The monoisotopic (exact) mass is 319 g/mol. The van der Waals surface area contributed by atoms with Crippen LogP contribution < -0.4 is 0 Å². The van der Waals surface area contributed by atoms with Gasteiger partial charge in [0.05, 0.1) is 10.3 Å². The van der Waals surface area contributed by atoms with Crippen molar-refractivity contribution in [2.24, 2.45) is 0 Å². The molecule has 0 N–H and O–H groups in total. The van der Waals surface area contributed by atoms with Crippen molar-refractivity contribution in [2.45, 2.75) is 17.2 Å². The highest BCUT2D eigenvalue weighted by molar-refractivity contribution is 8.01. The summed E-state index contributed by atoms with van der Waals surface area (Å²) < 4.78 is 27.2. The third-order valence-corrected chi connectivity index (χ3v) is 6.83. The van der Waals surface area contributed by atoms with Gasteiger partial charge < -0.3 is 0 Å². The molecule has 0 aromatic heterocycles. The molecule has 1 fully saturated rings. The molecule has 1 atom stereocenters. The van der Waals surface area contributed by atoms with Crippen molar-refractivity contribution in [2.75, 3.05) is 12.3 Å². The molecule has 5 heteroatoms. The number of aryl methyl sites for hydroxylation is 1.